The van der Waals surface area contributed by atoms with Gasteiger partial charge in [0.1, 0.15) is 16.9 Å². The zero-order valence-corrected chi connectivity index (χ0v) is 12.5. The molecule has 0 unspecified atom stereocenters. The molecular weight excluding hydrogens is 297 g/mol. The predicted octanol–water partition coefficient (Wildman–Crippen LogP) is 3.20. The summed E-state index contributed by atoms with van der Waals surface area (Å²) in [7, 11) is 1.23. The molecular formula is C17H14FN3O2. The molecule has 0 bridgehead atoms. The highest BCUT2D eigenvalue weighted by Crippen LogP contribution is 2.44. The van der Waals surface area contributed by atoms with E-state index in [1.165, 1.54) is 19.4 Å². The molecule has 1 saturated carbocycles. The summed E-state index contributed by atoms with van der Waals surface area (Å²) in [4.78, 5) is 20.6. The minimum atomic E-state index is -0.708. The van der Waals surface area contributed by atoms with Gasteiger partial charge in [-0.05, 0) is 31.0 Å². The summed E-state index contributed by atoms with van der Waals surface area (Å²) < 4.78 is 20.6. The van der Waals surface area contributed by atoms with Crippen LogP contribution >= 0.6 is 0 Å². The topological polar surface area (TPSA) is 56.5 Å². The Hall–Kier alpha value is -2.76. The fourth-order valence-electron chi connectivity index (χ4n) is 2.79. The van der Waals surface area contributed by atoms with E-state index in [0.29, 0.717) is 11.6 Å². The van der Waals surface area contributed by atoms with Crippen molar-refractivity contribution >= 4 is 11.6 Å². The Balaban J connectivity index is 1.97. The normalized spacial score (nSPS) is 14.2. The lowest BCUT2D eigenvalue weighted by atomic mass is 10.1. The first kappa shape index (κ1) is 13.9. The molecule has 6 heteroatoms. The number of fused-ring (bicyclic) bond motifs is 1. The molecule has 0 amide bonds. The van der Waals surface area contributed by atoms with Crippen LogP contribution in [0.25, 0.3) is 17.0 Å². The third-order valence-electron chi connectivity index (χ3n) is 4.03. The summed E-state index contributed by atoms with van der Waals surface area (Å²) in [6.45, 7) is 0. The minimum absolute atomic E-state index is 0.111. The molecule has 0 aromatic carbocycles. The van der Waals surface area contributed by atoms with E-state index in [0.717, 1.165) is 29.9 Å². The van der Waals surface area contributed by atoms with Crippen LogP contribution in [0.4, 0.5) is 4.39 Å². The molecule has 116 valence electrons. The highest BCUT2D eigenvalue weighted by atomic mass is 19.1. The molecule has 0 atom stereocenters. The van der Waals surface area contributed by atoms with E-state index in [9.17, 15) is 9.18 Å². The first-order chi connectivity index (χ1) is 11.2. The monoisotopic (exact) mass is 311 g/mol. The molecule has 1 fully saturated rings. The number of imidazole rings is 1. The van der Waals surface area contributed by atoms with Gasteiger partial charge in [0.25, 0.3) is 0 Å². The van der Waals surface area contributed by atoms with Gasteiger partial charge in [-0.1, -0.05) is 6.07 Å². The van der Waals surface area contributed by atoms with Crippen LogP contribution < -0.4 is 0 Å². The predicted molar refractivity (Wildman–Crippen MR) is 81.7 cm³/mol. The molecule has 0 N–H and O–H groups in total. The lowest BCUT2D eigenvalue weighted by Crippen LogP contribution is -2.06. The van der Waals surface area contributed by atoms with E-state index in [1.54, 1.807) is 10.6 Å². The van der Waals surface area contributed by atoms with Crippen molar-refractivity contribution in [1.82, 2.24) is 14.4 Å². The number of carbonyl (C=O) groups excluding carboxylic acids is 1. The maximum Gasteiger partial charge on any atom is 0.341 e. The van der Waals surface area contributed by atoms with E-state index in [4.69, 9.17) is 0 Å². The summed E-state index contributed by atoms with van der Waals surface area (Å²) in [6.07, 6.45) is 5.12. The van der Waals surface area contributed by atoms with Crippen molar-refractivity contribution in [2.24, 2.45) is 0 Å². The number of carbonyl (C=O) groups is 1. The van der Waals surface area contributed by atoms with E-state index in [-0.39, 0.29) is 5.56 Å². The largest absolute Gasteiger partial charge is 0.465 e. The number of hydrogen-bond acceptors (Lipinski definition) is 4. The van der Waals surface area contributed by atoms with Crippen molar-refractivity contribution in [3.63, 3.8) is 0 Å². The lowest BCUT2D eigenvalue weighted by Gasteiger charge is -2.05. The van der Waals surface area contributed by atoms with Gasteiger partial charge >= 0.3 is 5.97 Å². The average molecular weight is 311 g/mol. The van der Waals surface area contributed by atoms with Gasteiger partial charge < -0.3 is 9.14 Å². The molecule has 1 aliphatic rings. The molecule has 0 saturated heterocycles. The number of esters is 1. The van der Waals surface area contributed by atoms with Crippen molar-refractivity contribution in [2.75, 3.05) is 7.11 Å². The van der Waals surface area contributed by atoms with Crippen molar-refractivity contribution in [3.05, 3.63) is 53.7 Å². The standard InChI is InChI=1S/C17H14FN3O2/c1-23-17(22)11-8-14-20-15(13-4-2-3-7-19-13)16(10-5-6-10)21(14)9-12(11)18/h2-4,7-10H,5-6H2,1H3. The average Bonchev–Trinajstić information content (AvgIpc) is 3.35. The van der Waals surface area contributed by atoms with Gasteiger partial charge in [-0.25, -0.2) is 14.2 Å². The molecule has 5 nitrogen and oxygen atoms in total. The third kappa shape index (κ3) is 2.27. The first-order valence-corrected chi connectivity index (χ1v) is 7.40. The van der Waals surface area contributed by atoms with Crippen LogP contribution in [0.3, 0.4) is 0 Å². The van der Waals surface area contributed by atoms with E-state index >= 15 is 0 Å². The molecule has 1 aliphatic carbocycles. The summed E-state index contributed by atoms with van der Waals surface area (Å²) in [5.41, 5.74) is 2.86. The Labute approximate surface area is 131 Å². The first-order valence-electron chi connectivity index (χ1n) is 7.40. The highest BCUT2D eigenvalue weighted by molar-refractivity contribution is 5.90. The van der Waals surface area contributed by atoms with Crippen LogP contribution in [0.15, 0.2) is 36.7 Å². The number of pyridine rings is 2. The molecule has 4 rings (SSSR count). The quantitative estimate of drug-likeness (QED) is 0.697. The van der Waals surface area contributed by atoms with Crippen molar-refractivity contribution < 1.29 is 13.9 Å². The molecule has 3 aromatic heterocycles. The molecule has 3 heterocycles. The molecule has 0 spiro atoms. The lowest BCUT2D eigenvalue weighted by molar-refractivity contribution is 0.0595. The van der Waals surface area contributed by atoms with Crippen molar-refractivity contribution in [2.45, 2.75) is 18.8 Å². The van der Waals surface area contributed by atoms with Gasteiger partial charge in [-0.2, -0.15) is 0 Å². The second-order valence-corrected chi connectivity index (χ2v) is 5.59. The van der Waals surface area contributed by atoms with Gasteiger partial charge in [0.15, 0.2) is 5.82 Å². The van der Waals surface area contributed by atoms with Crippen LogP contribution in [0.5, 0.6) is 0 Å². The zero-order valence-electron chi connectivity index (χ0n) is 12.5. The second kappa shape index (κ2) is 5.15. The van der Waals surface area contributed by atoms with Crippen LogP contribution in [0, 0.1) is 5.82 Å². The van der Waals surface area contributed by atoms with Gasteiger partial charge in [-0.15, -0.1) is 0 Å². The number of halogens is 1. The van der Waals surface area contributed by atoms with E-state index < -0.39 is 11.8 Å². The Morgan fingerprint density at radius 1 is 1.39 bits per heavy atom. The Kier molecular flexibility index (Phi) is 3.11. The van der Waals surface area contributed by atoms with Gasteiger partial charge in [0.2, 0.25) is 0 Å². The second-order valence-electron chi connectivity index (χ2n) is 5.59. The van der Waals surface area contributed by atoms with Crippen molar-refractivity contribution in [1.29, 1.82) is 0 Å². The summed E-state index contributed by atoms with van der Waals surface area (Å²) >= 11 is 0. The van der Waals surface area contributed by atoms with Gasteiger partial charge in [-0.3, -0.25) is 4.98 Å². The Morgan fingerprint density at radius 2 is 2.22 bits per heavy atom. The summed E-state index contributed by atoms with van der Waals surface area (Å²) in [5.74, 6) is -0.970. The number of hydrogen-bond donors (Lipinski definition) is 0. The molecule has 0 aliphatic heterocycles. The van der Waals surface area contributed by atoms with Crippen LogP contribution in [0.1, 0.15) is 34.8 Å². The number of methoxy groups -OCH3 is 1. The SMILES string of the molecule is COC(=O)c1cc2nc(-c3ccccn3)c(C3CC3)n2cc1F. The fourth-order valence-corrected chi connectivity index (χ4v) is 2.79. The summed E-state index contributed by atoms with van der Waals surface area (Å²) in [5, 5.41) is 0. The number of aromatic nitrogens is 3. The van der Waals surface area contributed by atoms with Gasteiger partial charge in [0, 0.05) is 18.3 Å². The van der Waals surface area contributed by atoms with E-state index in [1.807, 2.05) is 18.2 Å². The Bertz CT molecular complexity index is 901. The minimum Gasteiger partial charge on any atom is -0.465 e. The Morgan fingerprint density at radius 3 is 2.87 bits per heavy atom. The highest BCUT2D eigenvalue weighted by Gasteiger charge is 2.32. The number of nitrogens with zero attached hydrogens (tertiary/aromatic N) is 3. The smallest absolute Gasteiger partial charge is 0.341 e. The molecule has 3 aromatic rings. The maximum atomic E-state index is 14.3. The van der Waals surface area contributed by atoms with Crippen LogP contribution in [-0.2, 0) is 4.74 Å². The third-order valence-corrected chi connectivity index (χ3v) is 4.03. The van der Waals surface area contributed by atoms with Crippen molar-refractivity contribution in [3.8, 4) is 11.4 Å². The number of ether oxygens (including phenoxy) is 1. The molecule has 23 heavy (non-hydrogen) atoms. The maximum absolute atomic E-state index is 14.3. The zero-order chi connectivity index (χ0) is 16.0. The van der Waals surface area contributed by atoms with Gasteiger partial charge in [0.05, 0.1) is 18.5 Å². The van der Waals surface area contributed by atoms with E-state index in [2.05, 4.69) is 14.7 Å². The molecule has 0 radical (unpaired) electrons. The van der Waals surface area contributed by atoms with Crippen LogP contribution in [-0.4, -0.2) is 27.4 Å². The fraction of sp³-hybridized carbons (Fsp3) is 0.235. The summed E-state index contributed by atoms with van der Waals surface area (Å²) in [6, 6.07) is 7.04. The number of rotatable bonds is 3. The van der Waals surface area contributed by atoms with Crippen LogP contribution in [0.2, 0.25) is 0 Å².